The van der Waals surface area contributed by atoms with Gasteiger partial charge in [-0.25, -0.2) is 4.79 Å². The number of carbonyl (C=O) groups is 1. The molecule has 41 heavy (non-hydrogen) atoms. The van der Waals surface area contributed by atoms with E-state index in [2.05, 4.69) is 27.7 Å². The van der Waals surface area contributed by atoms with Gasteiger partial charge < -0.3 is 34.3 Å². The van der Waals surface area contributed by atoms with Crippen LogP contribution in [-0.2, 0) is 9.47 Å². The van der Waals surface area contributed by atoms with Gasteiger partial charge >= 0.3 is 5.97 Å². The molecule has 0 bridgehead atoms. The summed E-state index contributed by atoms with van der Waals surface area (Å²) < 4.78 is 22.9. The first-order valence-corrected chi connectivity index (χ1v) is 16.1. The first kappa shape index (κ1) is 37.2. The zero-order valence-corrected chi connectivity index (χ0v) is 26.2. The fraction of sp³-hybridized carbons (Fsp3) is 0.788. The van der Waals surface area contributed by atoms with E-state index in [9.17, 15) is 20.1 Å². The van der Waals surface area contributed by atoms with E-state index >= 15 is 0 Å². The molecule has 0 saturated heterocycles. The smallest absolute Gasteiger partial charge is 0.335 e. The summed E-state index contributed by atoms with van der Waals surface area (Å²) in [6.07, 6.45) is 11.5. The summed E-state index contributed by atoms with van der Waals surface area (Å²) in [7, 11) is 0. The van der Waals surface area contributed by atoms with Gasteiger partial charge in [0.1, 0.15) is 11.5 Å². The highest BCUT2D eigenvalue weighted by atomic mass is 16.6. The van der Waals surface area contributed by atoms with Crippen LogP contribution >= 0.6 is 0 Å². The number of carboxylic acids is 1. The molecule has 1 aromatic rings. The summed E-state index contributed by atoms with van der Waals surface area (Å²) in [6.45, 7) is 10.7. The van der Waals surface area contributed by atoms with Gasteiger partial charge in [0, 0.05) is 6.07 Å². The maximum Gasteiger partial charge on any atom is 0.335 e. The summed E-state index contributed by atoms with van der Waals surface area (Å²) in [6, 6.07) is 4.68. The summed E-state index contributed by atoms with van der Waals surface area (Å²) in [5, 5.41) is 29.8. The second kappa shape index (κ2) is 23.7. The Bertz CT molecular complexity index is 732. The van der Waals surface area contributed by atoms with Crippen molar-refractivity contribution in [3.8, 4) is 11.5 Å². The van der Waals surface area contributed by atoms with Crippen LogP contribution in [0.15, 0.2) is 18.2 Å². The van der Waals surface area contributed by atoms with E-state index in [1.807, 2.05) is 0 Å². The van der Waals surface area contributed by atoms with Crippen molar-refractivity contribution in [3.63, 3.8) is 0 Å². The zero-order valence-electron chi connectivity index (χ0n) is 26.2. The second-order valence-corrected chi connectivity index (χ2v) is 11.1. The van der Waals surface area contributed by atoms with Gasteiger partial charge in [0.25, 0.3) is 0 Å². The zero-order chi connectivity index (χ0) is 30.3. The molecule has 8 heteroatoms. The Morgan fingerprint density at radius 1 is 0.659 bits per heavy atom. The molecule has 1 rings (SSSR count). The van der Waals surface area contributed by atoms with E-state index in [0.717, 1.165) is 38.5 Å². The van der Waals surface area contributed by atoms with Crippen LogP contribution in [0.4, 0.5) is 0 Å². The van der Waals surface area contributed by atoms with Crippen molar-refractivity contribution in [3.05, 3.63) is 23.8 Å². The number of hydrogen-bond acceptors (Lipinski definition) is 7. The molecule has 0 aliphatic rings. The molecule has 0 aliphatic heterocycles. The average Bonchev–Trinajstić information content (AvgIpc) is 2.96. The number of rotatable bonds is 27. The van der Waals surface area contributed by atoms with Crippen molar-refractivity contribution in [2.24, 2.45) is 11.8 Å². The molecule has 8 nitrogen and oxygen atoms in total. The monoisotopic (exact) mass is 582 g/mol. The third-order valence-electron chi connectivity index (χ3n) is 7.49. The van der Waals surface area contributed by atoms with Gasteiger partial charge in [-0.3, -0.25) is 0 Å². The first-order valence-electron chi connectivity index (χ1n) is 16.1. The Labute approximate surface area is 248 Å². The van der Waals surface area contributed by atoms with Gasteiger partial charge in [-0.05, 0) is 75.3 Å². The van der Waals surface area contributed by atoms with Crippen LogP contribution in [0.25, 0.3) is 0 Å². The summed E-state index contributed by atoms with van der Waals surface area (Å²) in [4.78, 5) is 11.6. The lowest BCUT2D eigenvalue weighted by atomic mass is 10.0. The molecular formula is C33H58O8. The lowest BCUT2D eigenvalue weighted by molar-refractivity contribution is -0.115. The van der Waals surface area contributed by atoms with Crippen LogP contribution in [0, 0.1) is 11.8 Å². The molecule has 0 radical (unpaired) electrons. The fourth-order valence-electron chi connectivity index (χ4n) is 4.54. The number of aliphatic hydroxyl groups is 2. The van der Waals surface area contributed by atoms with Gasteiger partial charge in [0.15, 0.2) is 12.6 Å². The minimum Gasteiger partial charge on any atom is -0.493 e. The summed E-state index contributed by atoms with van der Waals surface area (Å²) in [5.41, 5.74) is 0.104. The van der Waals surface area contributed by atoms with E-state index in [4.69, 9.17) is 18.9 Å². The number of hydrogen-bond donors (Lipinski definition) is 3. The lowest BCUT2D eigenvalue weighted by Crippen LogP contribution is -2.18. The number of carboxylic acid groups (broad SMARTS) is 1. The van der Waals surface area contributed by atoms with Crippen molar-refractivity contribution in [1.82, 2.24) is 0 Å². The van der Waals surface area contributed by atoms with Gasteiger partial charge in [-0.2, -0.15) is 0 Å². The number of benzene rings is 1. The summed E-state index contributed by atoms with van der Waals surface area (Å²) >= 11 is 0. The molecule has 0 heterocycles. The van der Waals surface area contributed by atoms with E-state index in [1.54, 1.807) is 6.07 Å². The molecule has 0 aromatic heterocycles. The Morgan fingerprint density at radius 2 is 1.10 bits per heavy atom. The Hall–Kier alpha value is -1.87. The van der Waals surface area contributed by atoms with Gasteiger partial charge in [-0.1, -0.05) is 66.2 Å². The highest BCUT2D eigenvalue weighted by molar-refractivity contribution is 5.88. The normalized spacial score (nSPS) is 14.4. The molecular weight excluding hydrogens is 524 g/mol. The van der Waals surface area contributed by atoms with Crippen LogP contribution < -0.4 is 9.47 Å². The third-order valence-corrected chi connectivity index (χ3v) is 7.49. The highest BCUT2D eigenvalue weighted by Crippen LogP contribution is 2.24. The number of aliphatic hydroxyl groups excluding tert-OH is 2. The third kappa shape index (κ3) is 18.3. The average molecular weight is 583 g/mol. The molecule has 0 amide bonds. The van der Waals surface area contributed by atoms with Crippen molar-refractivity contribution >= 4 is 5.97 Å². The molecule has 4 atom stereocenters. The standard InChI is InChI=1S/C33H58O8/c1-5-9-15-26(7-3)24-40-31(34)17-11-13-19-38-29-21-28(33(36)37)22-30(23-29)39-20-14-12-18-32(35)41-25-27(8-4)16-10-6-2/h21-23,26-27,31-32,34-35H,5-20,24-25H2,1-4H3,(H,36,37). The van der Waals surface area contributed by atoms with Crippen LogP contribution in [0.3, 0.4) is 0 Å². The van der Waals surface area contributed by atoms with Gasteiger partial charge in [0.2, 0.25) is 0 Å². The van der Waals surface area contributed by atoms with Gasteiger partial charge in [0.05, 0.1) is 32.0 Å². The molecule has 238 valence electrons. The Kier molecular flexibility index (Phi) is 21.4. The SMILES string of the molecule is CCCCC(CC)COC(O)CCCCOc1cc(OCCCCC(O)OCC(CC)CCCC)cc(C(=O)O)c1. The number of aromatic carboxylic acids is 1. The molecule has 4 unspecified atom stereocenters. The van der Waals surface area contributed by atoms with E-state index in [0.29, 0.717) is 75.4 Å². The maximum absolute atomic E-state index is 11.6. The highest BCUT2D eigenvalue weighted by Gasteiger charge is 2.13. The first-order chi connectivity index (χ1) is 19.8. The minimum absolute atomic E-state index is 0.104. The second-order valence-electron chi connectivity index (χ2n) is 11.1. The predicted octanol–water partition coefficient (Wildman–Crippen LogP) is 7.59. The largest absolute Gasteiger partial charge is 0.493 e. The molecule has 0 spiro atoms. The number of unbranched alkanes of at least 4 members (excludes halogenated alkanes) is 4. The lowest BCUT2D eigenvalue weighted by Gasteiger charge is -2.18. The minimum atomic E-state index is -1.05. The van der Waals surface area contributed by atoms with Crippen molar-refractivity contribution in [1.29, 1.82) is 0 Å². The quantitative estimate of drug-likeness (QED) is 0.0718. The van der Waals surface area contributed by atoms with Crippen LogP contribution in [0.5, 0.6) is 11.5 Å². The topological polar surface area (TPSA) is 115 Å². The van der Waals surface area contributed by atoms with Crippen molar-refractivity contribution in [2.75, 3.05) is 26.4 Å². The molecule has 0 aliphatic carbocycles. The maximum atomic E-state index is 11.6. The van der Waals surface area contributed by atoms with Crippen LogP contribution in [0.1, 0.15) is 128 Å². The van der Waals surface area contributed by atoms with Crippen LogP contribution in [0.2, 0.25) is 0 Å². The van der Waals surface area contributed by atoms with E-state index in [-0.39, 0.29) is 5.56 Å². The number of ether oxygens (including phenoxy) is 4. The van der Waals surface area contributed by atoms with Gasteiger partial charge in [-0.15, -0.1) is 0 Å². The molecule has 0 fully saturated rings. The molecule has 0 saturated carbocycles. The fourth-order valence-corrected chi connectivity index (χ4v) is 4.54. The Morgan fingerprint density at radius 3 is 1.46 bits per heavy atom. The van der Waals surface area contributed by atoms with Crippen molar-refractivity contribution < 1.29 is 39.1 Å². The Balaban J connectivity index is 2.35. The predicted molar refractivity (Wildman–Crippen MR) is 163 cm³/mol. The van der Waals surface area contributed by atoms with Crippen molar-refractivity contribution in [2.45, 2.75) is 130 Å². The van der Waals surface area contributed by atoms with E-state index in [1.165, 1.54) is 37.8 Å². The molecule has 3 N–H and O–H groups in total. The molecule has 1 aromatic carbocycles. The van der Waals surface area contributed by atoms with Crippen LogP contribution in [-0.4, -0.2) is 60.3 Å². The summed E-state index contributed by atoms with van der Waals surface area (Å²) in [5.74, 6) is 0.816. The van der Waals surface area contributed by atoms with E-state index < -0.39 is 18.5 Å².